The standard InChI is InChI=1S/C23H30N4O2/c1-18-7-8-21(19(2)17-18)25-9-11-27(12-10-25)23(28)24-20-5-3-4-6-22(20)26-13-15-29-16-14-26/h3-8,17H,9-16H2,1-2H3,(H,24,28). The highest BCUT2D eigenvalue weighted by molar-refractivity contribution is 5.93. The van der Waals surface area contributed by atoms with E-state index in [0.717, 1.165) is 63.9 Å². The molecule has 4 rings (SSSR count). The number of urea groups is 1. The van der Waals surface area contributed by atoms with Crippen LogP contribution in [0.25, 0.3) is 0 Å². The number of aryl methyl sites for hydroxylation is 2. The number of carbonyl (C=O) groups excluding carboxylic acids is 1. The quantitative estimate of drug-likeness (QED) is 0.866. The Morgan fingerprint density at radius 3 is 2.28 bits per heavy atom. The fourth-order valence-corrected chi connectivity index (χ4v) is 4.16. The average molecular weight is 395 g/mol. The van der Waals surface area contributed by atoms with Crippen molar-refractivity contribution in [1.29, 1.82) is 0 Å². The van der Waals surface area contributed by atoms with Crippen LogP contribution in [0.5, 0.6) is 0 Å². The van der Waals surface area contributed by atoms with Gasteiger partial charge >= 0.3 is 6.03 Å². The summed E-state index contributed by atoms with van der Waals surface area (Å²) in [5.41, 5.74) is 5.79. The number of para-hydroxylation sites is 2. The van der Waals surface area contributed by atoms with Gasteiger partial charge in [-0.05, 0) is 37.6 Å². The summed E-state index contributed by atoms with van der Waals surface area (Å²) >= 11 is 0. The Kier molecular flexibility index (Phi) is 5.90. The van der Waals surface area contributed by atoms with Crippen LogP contribution in [-0.4, -0.2) is 63.4 Å². The van der Waals surface area contributed by atoms with Gasteiger partial charge in [-0.2, -0.15) is 0 Å². The minimum absolute atomic E-state index is 0.0222. The van der Waals surface area contributed by atoms with Crippen molar-refractivity contribution in [3.63, 3.8) is 0 Å². The third-order valence-corrected chi connectivity index (χ3v) is 5.76. The van der Waals surface area contributed by atoms with E-state index in [2.05, 4.69) is 53.2 Å². The monoisotopic (exact) mass is 394 g/mol. The Labute approximate surface area is 173 Å². The summed E-state index contributed by atoms with van der Waals surface area (Å²) in [5, 5.41) is 3.14. The maximum absolute atomic E-state index is 12.9. The molecule has 0 bridgehead atoms. The minimum Gasteiger partial charge on any atom is -0.378 e. The molecule has 2 heterocycles. The Bertz CT molecular complexity index is 856. The van der Waals surface area contributed by atoms with Crippen LogP contribution < -0.4 is 15.1 Å². The van der Waals surface area contributed by atoms with Crippen molar-refractivity contribution in [3.8, 4) is 0 Å². The number of hydrogen-bond donors (Lipinski definition) is 1. The number of hydrogen-bond acceptors (Lipinski definition) is 4. The number of amides is 2. The molecule has 2 aromatic carbocycles. The topological polar surface area (TPSA) is 48.0 Å². The van der Waals surface area contributed by atoms with E-state index in [4.69, 9.17) is 4.74 Å². The Morgan fingerprint density at radius 2 is 1.55 bits per heavy atom. The molecule has 2 aliphatic heterocycles. The smallest absolute Gasteiger partial charge is 0.322 e. The molecule has 2 amide bonds. The molecule has 2 fully saturated rings. The van der Waals surface area contributed by atoms with Crippen LogP contribution in [0.1, 0.15) is 11.1 Å². The summed E-state index contributed by atoms with van der Waals surface area (Å²) in [4.78, 5) is 19.5. The molecular formula is C23H30N4O2. The fraction of sp³-hybridized carbons (Fsp3) is 0.435. The molecule has 0 atom stereocenters. The number of piperazine rings is 1. The molecule has 6 heteroatoms. The van der Waals surface area contributed by atoms with E-state index in [1.807, 2.05) is 23.1 Å². The summed E-state index contributed by atoms with van der Waals surface area (Å²) in [6.07, 6.45) is 0. The van der Waals surface area contributed by atoms with E-state index in [-0.39, 0.29) is 6.03 Å². The predicted octanol–water partition coefficient (Wildman–Crippen LogP) is 3.49. The van der Waals surface area contributed by atoms with Crippen LogP contribution in [0.15, 0.2) is 42.5 Å². The van der Waals surface area contributed by atoms with Crippen molar-refractivity contribution in [2.24, 2.45) is 0 Å². The van der Waals surface area contributed by atoms with E-state index in [1.54, 1.807) is 0 Å². The first-order valence-electron chi connectivity index (χ1n) is 10.4. The second-order valence-electron chi connectivity index (χ2n) is 7.81. The molecule has 0 radical (unpaired) electrons. The number of carbonyl (C=O) groups is 1. The molecule has 2 aliphatic rings. The number of nitrogens with zero attached hydrogens (tertiary/aromatic N) is 3. The fourth-order valence-electron chi connectivity index (χ4n) is 4.16. The van der Waals surface area contributed by atoms with Crippen LogP contribution in [-0.2, 0) is 4.74 Å². The number of rotatable bonds is 3. The van der Waals surface area contributed by atoms with Crippen LogP contribution in [0.2, 0.25) is 0 Å². The SMILES string of the molecule is Cc1ccc(N2CCN(C(=O)Nc3ccccc3N3CCOCC3)CC2)c(C)c1. The number of benzene rings is 2. The summed E-state index contributed by atoms with van der Waals surface area (Å²) in [6.45, 7) is 10.6. The number of nitrogens with one attached hydrogen (secondary N) is 1. The summed E-state index contributed by atoms with van der Waals surface area (Å²) in [5.74, 6) is 0. The number of morpholine rings is 1. The zero-order chi connectivity index (χ0) is 20.2. The Balaban J connectivity index is 1.38. The van der Waals surface area contributed by atoms with Gasteiger partial charge in [-0.3, -0.25) is 0 Å². The van der Waals surface area contributed by atoms with E-state index in [0.29, 0.717) is 0 Å². The summed E-state index contributed by atoms with van der Waals surface area (Å²) < 4.78 is 5.46. The van der Waals surface area contributed by atoms with Gasteiger partial charge in [-0.25, -0.2) is 4.79 Å². The van der Waals surface area contributed by atoms with Crippen molar-refractivity contribution >= 4 is 23.1 Å². The van der Waals surface area contributed by atoms with Crippen molar-refractivity contribution in [2.45, 2.75) is 13.8 Å². The molecule has 0 aromatic heterocycles. The molecule has 1 N–H and O–H groups in total. The lowest BCUT2D eigenvalue weighted by Gasteiger charge is -2.37. The first-order valence-corrected chi connectivity index (χ1v) is 10.4. The van der Waals surface area contributed by atoms with E-state index < -0.39 is 0 Å². The molecule has 0 aliphatic carbocycles. The largest absolute Gasteiger partial charge is 0.378 e. The van der Waals surface area contributed by atoms with Gasteiger partial charge in [0.15, 0.2) is 0 Å². The highest BCUT2D eigenvalue weighted by atomic mass is 16.5. The minimum atomic E-state index is -0.0222. The zero-order valence-electron chi connectivity index (χ0n) is 17.4. The van der Waals surface area contributed by atoms with Crippen LogP contribution in [0, 0.1) is 13.8 Å². The second-order valence-corrected chi connectivity index (χ2v) is 7.81. The predicted molar refractivity (Wildman–Crippen MR) is 118 cm³/mol. The average Bonchev–Trinajstić information content (AvgIpc) is 2.75. The van der Waals surface area contributed by atoms with Gasteiger partial charge < -0.3 is 24.8 Å². The van der Waals surface area contributed by atoms with Gasteiger partial charge in [0.05, 0.1) is 24.6 Å². The summed E-state index contributed by atoms with van der Waals surface area (Å²) in [6, 6.07) is 14.6. The van der Waals surface area contributed by atoms with Crippen molar-refractivity contribution in [3.05, 3.63) is 53.6 Å². The van der Waals surface area contributed by atoms with Gasteiger partial charge in [0.1, 0.15) is 0 Å². The molecule has 0 spiro atoms. The third-order valence-electron chi connectivity index (χ3n) is 5.76. The van der Waals surface area contributed by atoms with Gasteiger partial charge in [0, 0.05) is 45.0 Å². The molecule has 2 aromatic rings. The Hall–Kier alpha value is -2.73. The lowest BCUT2D eigenvalue weighted by molar-refractivity contribution is 0.123. The first-order chi connectivity index (χ1) is 14.1. The van der Waals surface area contributed by atoms with E-state index in [1.165, 1.54) is 16.8 Å². The normalized spacial score (nSPS) is 17.4. The molecular weight excluding hydrogens is 364 g/mol. The molecule has 29 heavy (non-hydrogen) atoms. The van der Waals surface area contributed by atoms with Gasteiger partial charge in [0.2, 0.25) is 0 Å². The highest BCUT2D eigenvalue weighted by Gasteiger charge is 2.23. The van der Waals surface area contributed by atoms with Crippen molar-refractivity contribution in [1.82, 2.24) is 4.90 Å². The lowest BCUT2D eigenvalue weighted by Crippen LogP contribution is -2.50. The lowest BCUT2D eigenvalue weighted by atomic mass is 10.1. The highest BCUT2D eigenvalue weighted by Crippen LogP contribution is 2.27. The van der Waals surface area contributed by atoms with Crippen LogP contribution in [0.4, 0.5) is 21.9 Å². The zero-order valence-corrected chi connectivity index (χ0v) is 17.4. The number of ether oxygens (including phenoxy) is 1. The molecule has 2 saturated heterocycles. The van der Waals surface area contributed by atoms with Crippen LogP contribution in [0.3, 0.4) is 0 Å². The van der Waals surface area contributed by atoms with E-state index >= 15 is 0 Å². The van der Waals surface area contributed by atoms with E-state index in [9.17, 15) is 4.79 Å². The maximum Gasteiger partial charge on any atom is 0.322 e. The van der Waals surface area contributed by atoms with Gasteiger partial charge in [-0.15, -0.1) is 0 Å². The maximum atomic E-state index is 12.9. The first kappa shape index (κ1) is 19.6. The second kappa shape index (κ2) is 8.74. The van der Waals surface area contributed by atoms with Crippen molar-refractivity contribution in [2.75, 3.05) is 67.6 Å². The number of anilines is 3. The van der Waals surface area contributed by atoms with Crippen molar-refractivity contribution < 1.29 is 9.53 Å². The molecule has 0 saturated carbocycles. The van der Waals surface area contributed by atoms with Crippen LogP contribution >= 0.6 is 0 Å². The molecule has 0 unspecified atom stereocenters. The van der Waals surface area contributed by atoms with Gasteiger partial charge in [0.25, 0.3) is 0 Å². The third kappa shape index (κ3) is 4.48. The summed E-state index contributed by atoms with van der Waals surface area (Å²) in [7, 11) is 0. The molecule has 6 nitrogen and oxygen atoms in total. The molecule has 154 valence electrons. The Morgan fingerprint density at radius 1 is 0.862 bits per heavy atom. The van der Waals surface area contributed by atoms with Gasteiger partial charge in [-0.1, -0.05) is 29.8 Å².